The van der Waals surface area contributed by atoms with Crippen LogP contribution in [-0.2, 0) is 22.6 Å². The summed E-state index contributed by atoms with van der Waals surface area (Å²) in [6.45, 7) is 7.84. The first-order chi connectivity index (χ1) is 12.8. The highest BCUT2D eigenvalue weighted by Gasteiger charge is 2.27. The molecule has 0 fully saturated rings. The molecule has 2 aromatic rings. The summed E-state index contributed by atoms with van der Waals surface area (Å²) in [7, 11) is 0. The van der Waals surface area contributed by atoms with Crippen LogP contribution in [0.2, 0.25) is 5.02 Å². The topological polar surface area (TPSA) is 49.4 Å². The van der Waals surface area contributed by atoms with Gasteiger partial charge in [0.15, 0.2) is 0 Å². The van der Waals surface area contributed by atoms with Gasteiger partial charge in [-0.2, -0.15) is 0 Å². The average Bonchev–Trinajstić information content (AvgIpc) is 2.59. The fraction of sp³-hybridized carbons (Fsp3) is 0.364. The molecule has 2 rings (SSSR count). The first-order valence-corrected chi connectivity index (χ1v) is 9.54. The second-order valence-corrected chi connectivity index (χ2v) is 7.53. The van der Waals surface area contributed by atoms with Crippen molar-refractivity contribution in [3.05, 3.63) is 70.2 Å². The number of hydrogen-bond acceptors (Lipinski definition) is 2. The molecule has 0 aromatic heterocycles. The Morgan fingerprint density at radius 3 is 2.41 bits per heavy atom. The monoisotopic (exact) mass is 386 g/mol. The van der Waals surface area contributed by atoms with Crippen LogP contribution in [0.25, 0.3) is 0 Å². The number of aryl methyl sites for hydroxylation is 1. The van der Waals surface area contributed by atoms with Crippen molar-refractivity contribution < 1.29 is 9.59 Å². The molecule has 0 aliphatic carbocycles. The predicted molar refractivity (Wildman–Crippen MR) is 110 cm³/mol. The van der Waals surface area contributed by atoms with Gasteiger partial charge in [0.2, 0.25) is 11.8 Å². The molecule has 4 nitrogen and oxygen atoms in total. The fourth-order valence-electron chi connectivity index (χ4n) is 2.90. The van der Waals surface area contributed by atoms with Gasteiger partial charge in [0.05, 0.1) is 6.42 Å². The van der Waals surface area contributed by atoms with Crippen LogP contribution < -0.4 is 5.32 Å². The summed E-state index contributed by atoms with van der Waals surface area (Å²) in [5.41, 5.74) is 2.85. The van der Waals surface area contributed by atoms with Crippen LogP contribution in [0.15, 0.2) is 48.5 Å². The number of carbonyl (C=O) groups excluding carboxylic acids is 2. The molecular formula is C22H27ClN2O2. The SMILES string of the molecule is Cc1cccc(CC(=O)N(Cc2ccccc2Cl)[C@@H](C)C(=O)NC(C)C)c1. The van der Waals surface area contributed by atoms with Crippen molar-refractivity contribution in [3.63, 3.8) is 0 Å². The molecule has 0 heterocycles. The van der Waals surface area contributed by atoms with Crippen LogP contribution >= 0.6 is 11.6 Å². The van der Waals surface area contributed by atoms with E-state index in [1.807, 2.05) is 63.2 Å². The highest BCUT2D eigenvalue weighted by molar-refractivity contribution is 6.31. The van der Waals surface area contributed by atoms with E-state index in [9.17, 15) is 9.59 Å². The normalized spacial score (nSPS) is 11.9. The van der Waals surface area contributed by atoms with Crippen LogP contribution in [-0.4, -0.2) is 28.8 Å². The minimum atomic E-state index is -0.596. The Morgan fingerprint density at radius 2 is 1.78 bits per heavy atom. The number of benzene rings is 2. The molecule has 27 heavy (non-hydrogen) atoms. The number of halogens is 1. The van der Waals surface area contributed by atoms with Gasteiger partial charge in [-0.25, -0.2) is 0 Å². The molecule has 0 saturated carbocycles. The van der Waals surface area contributed by atoms with Crippen LogP contribution in [0, 0.1) is 6.92 Å². The minimum Gasteiger partial charge on any atom is -0.352 e. The average molecular weight is 387 g/mol. The Morgan fingerprint density at radius 1 is 1.07 bits per heavy atom. The van der Waals surface area contributed by atoms with Gasteiger partial charge in [0, 0.05) is 17.6 Å². The van der Waals surface area contributed by atoms with Crippen LogP contribution in [0.4, 0.5) is 0 Å². The number of hydrogen-bond donors (Lipinski definition) is 1. The summed E-state index contributed by atoms with van der Waals surface area (Å²) in [4.78, 5) is 27.2. The lowest BCUT2D eigenvalue weighted by molar-refractivity contribution is -0.140. The number of amides is 2. The Labute approximate surface area is 166 Å². The molecule has 5 heteroatoms. The number of carbonyl (C=O) groups is 2. The van der Waals surface area contributed by atoms with Gasteiger partial charge in [0.25, 0.3) is 0 Å². The van der Waals surface area contributed by atoms with Gasteiger partial charge in [-0.3, -0.25) is 9.59 Å². The van der Waals surface area contributed by atoms with Gasteiger partial charge >= 0.3 is 0 Å². The van der Waals surface area contributed by atoms with Crippen molar-refractivity contribution in [1.29, 1.82) is 0 Å². The third kappa shape index (κ3) is 6.10. The number of nitrogens with one attached hydrogen (secondary N) is 1. The minimum absolute atomic E-state index is 0.00832. The maximum absolute atomic E-state index is 13.1. The molecule has 0 unspecified atom stereocenters. The summed E-state index contributed by atoms with van der Waals surface area (Å²) in [6, 6.07) is 14.7. The van der Waals surface area contributed by atoms with Crippen molar-refractivity contribution in [2.45, 2.75) is 52.7 Å². The van der Waals surface area contributed by atoms with Gasteiger partial charge in [-0.15, -0.1) is 0 Å². The first-order valence-electron chi connectivity index (χ1n) is 9.16. The molecule has 0 aliphatic rings. The van der Waals surface area contributed by atoms with E-state index in [4.69, 9.17) is 11.6 Å². The molecule has 1 N–H and O–H groups in total. The second kappa shape index (κ2) is 9.56. The standard InChI is InChI=1S/C22H27ClN2O2/c1-15(2)24-22(27)17(4)25(14-19-10-5-6-11-20(19)23)21(26)13-18-9-7-8-16(3)12-18/h5-12,15,17H,13-14H2,1-4H3,(H,24,27)/t17-/m0/s1. The molecule has 144 valence electrons. The van der Waals surface area contributed by atoms with Crippen molar-refractivity contribution in [1.82, 2.24) is 10.2 Å². The summed E-state index contributed by atoms with van der Waals surface area (Å²) in [5.74, 6) is -0.276. The van der Waals surface area contributed by atoms with E-state index in [-0.39, 0.29) is 30.8 Å². The molecule has 0 bridgehead atoms. The Balaban J connectivity index is 2.26. The lowest BCUT2D eigenvalue weighted by atomic mass is 10.1. The third-order valence-corrected chi connectivity index (χ3v) is 4.70. The van der Waals surface area contributed by atoms with Crippen molar-refractivity contribution >= 4 is 23.4 Å². The highest BCUT2D eigenvalue weighted by atomic mass is 35.5. The molecular weight excluding hydrogens is 360 g/mol. The molecule has 0 saturated heterocycles. The van der Waals surface area contributed by atoms with E-state index in [0.29, 0.717) is 5.02 Å². The van der Waals surface area contributed by atoms with E-state index < -0.39 is 6.04 Å². The van der Waals surface area contributed by atoms with E-state index in [0.717, 1.165) is 16.7 Å². The smallest absolute Gasteiger partial charge is 0.242 e. The summed E-state index contributed by atoms with van der Waals surface area (Å²) in [6.07, 6.45) is 0.241. The lowest BCUT2D eigenvalue weighted by Gasteiger charge is -2.29. The van der Waals surface area contributed by atoms with E-state index >= 15 is 0 Å². The van der Waals surface area contributed by atoms with Crippen molar-refractivity contribution in [3.8, 4) is 0 Å². The Kier molecular flexibility index (Phi) is 7.43. The maximum atomic E-state index is 13.1. The third-order valence-electron chi connectivity index (χ3n) is 4.33. The molecule has 0 spiro atoms. The predicted octanol–water partition coefficient (Wildman–Crippen LogP) is 4.13. The fourth-order valence-corrected chi connectivity index (χ4v) is 3.09. The summed E-state index contributed by atoms with van der Waals surface area (Å²) >= 11 is 6.28. The second-order valence-electron chi connectivity index (χ2n) is 7.12. The van der Waals surface area contributed by atoms with Crippen LogP contribution in [0.1, 0.15) is 37.5 Å². The van der Waals surface area contributed by atoms with Gasteiger partial charge < -0.3 is 10.2 Å². The van der Waals surface area contributed by atoms with E-state index in [2.05, 4.69) is 5.32 Å². The lowest BCUT2D eigenvalue weighted by Crippen LogP contribution is -2.49. The largest absolute Gasteiger partial charge is 0.352 e. The van der Waals surface area contributed by atoms with Gasteiger partial charge in [-0.1, -0.05) is 59.6 Å². The summed E-state index contributed by atoms with van der Waals surface area (Å²) < 4.78 is 0. The van der Waals surface area contributed by atoms with Crippen LogP contribution in [0.3, 0.4) is 0 Å². The molecule has 0 radical (unpaired) electrons. The molecule has 2 amide bonds. The molecule has 1 atom stereocenters. The zero-order valence-corrected chi connectivity index (χ0v) is 17.1. The van der Waals surface area contributed by atoms with E-state index in [1.165, 1.54) is 0 Å². The van der Waals surface area contributed by atoms with Crippen LogP contribution in [0.5, 0.6) is 0 Å². The highest BCUT2D eigenvalue weighted by Crippen LogP contribution is 2.19. The van der Waals surface area contributed by atoms with E-state index in [1.54, 1.807) is 17.9 Å². The Bertz CT molecular complexity index is 804. The number of nitrogens with zero attached hydrogens (tertiary/aromatic N) is 1. The molecule has 2 aromatic carbocycles. The van der Waals surface area contributed by atoms with Gasteiger partial charge in [-0.05, 0) is 44.9 Å². The Hall–Kier alpha value is -2.33. The van der Waals surface area contributed by atoms with Crippen molar-refractivity contribution in [2.75, 3.05) is 0 Å². The van der Waals surface area contributed by atoms with Gasteiger partial charge in [0.1, 0.15) is 6.04 Å². The van der Waals surface area contributed by atoms with Crippen molar-refractivity contribution in [2.24, 2.45) is 0 Å². The summed E-state index contributed by atoms with van der Waals surface area (Å²) in [5, 5.41) is 3.47. The quantitative estimate of drug-likeness (QED) is 0.777. The zero-order chi connectivity index (χ0) is 20.0. The maximum Gasteiger partial charge on any atom is 0.242 e. The zero-order valence-electron chi connectivity index (χ0n) is 16.3. The first kappa shape index (κ1) is 21.0. The molecule has 0 aliphatic heterocycles. The number of rotatable bonds is 7.